The van der Waals surface area contributed by atoms with Gasteiger partial charge in [-0.1, -0.05) is 37.3 Å². The fourth-order valence-corrected chi connectivity index (χ4v) is 2.51. The Morgan fingerprint density at radius 2 is 1.42 bits per heavy atom. The van der Waals surface area contributed by atoms with Crippen molar-refractivity contribution in [2.45, 2.75) is 19.4 Å². The quantitative estimate of drug-likeness (QED) is 0.652. The molecule has 0 radical (unpaired) electrons. The molecule has 0 aliphatic heterocycles. The largest absolute Gasteiger partial charge is 0.464 e. The first-order valence-corrected chi connectivity index (χ1v) is 7.79. The molecule has 0 unspecified atom stereocenters. The van der Waals surface area contributed by atoms with Gasteiger partial charge in [0.05, 0.1) is 0 Å². The number of nitrogens with zero attached hydrogens (tertiary/aromatic N) is 1. The second-order valence-corrected chi connectivity index (χ2v) is 5.42. The monoisotopic (exact) mass is 325 g/mol. The lowest BCUT2D eigenvalue weighted by Gasteiger charge is -2.21. The standard InChI is InChI=1S/C20H17F2NO/c1-2-14-4-3-13-23-20(14)24-19(15-5-9-17(21)10-6-15)16-7-11-18(22)12-8-16/h3-13,19H,2H2,1H3. The summed E-state index contributed by atoms with van der Waals surface area (Å²) >= 11 is 0. The lowest BCUT2D eigenvalue weighted by Crippen LogP contribution is -2.11. The molecule has 4 heteroatoms. The van der Waals surface area contributed by atoms with Gasteiger partial charge in [-0.2, -0.15) is 0 Å². The van der Waals surface area contributed by atoms with Crippen molar-refractivity contribution in [1.82, 2.24) is 4.98 Å². The van der Waals surface area contributed by atoms with Crippen LogP contribution < -0.4 is 4.74 Å². The van der Waals surface area contributed by atoms with Gasteiger partial charge in [-0.15, -0.1) is 0 Å². The highest BCUT2D eigenvalue weighted by Gasteiger charge is 2.18. The van der Waals surface area contributed by atoms with Crippen molar-refractivity contribution in [3.05, 3.63) is 95.2 Å². The summed E-state index contributed by atoms with van der Waals surface area (Å²) in [6.07, 6.45) is 1.95. The molecule has 1 aromatic heterocycles. The van der Waals surface area contributed by atoms with Crippen molar-refractivity contribution in [1.29, 1.82) is 0 Å². The smallest absolute Gasteiger partial charge is 0.217 e. The molecule has 3 aromatic rings. The normalized spacial score (nSPS) is 10.8. The van der Waals surface area contributed by atoms with Crippen molar-refractivity contribution < 1.29 is 13.5 Å². The van der Waals surface area contributed by atoms with E-state index in [4.69, 9.17) is 4.74 Å². The molecule has 0 aliphatic carbocycles. The number of rotatable bonds is 5. The minimum Gasteiger partial charge on any atom is -0.464 e. The van der Waals surface area contributed by atoms with Crippen molar-refractivity contribution >= 4 is 0 Å². The van der Waals surface area contributed by atoms with E-state index in [1.165, 1.54) is 24.3 Å². The molecule has 1 heterocycles. The van der Waals surface area contributed by atoms with E-state index >= 15 is 0 Å². The Morgan fingerprint density at radius 1 is 0.875 bits per heavy atom. The molecule has 2 aromatic carbocycles. The van der Waals surface area contributed by atoms with Crippen LogP contribution >= 0.6 is 0 Å². The van der Waals surface area contributed by atoms with Crippen LogP contribution in [0.2, 0.25) is 0 Å². The highest BCUT2D eigenvalue weighted by atomic mass is 19.1. The van der Waals surface area contributed by atoms with Crippen LogP contribution in [0.1, 0.15) is 29.7 Å². The Hall–Kier alpha value is -2.75. The van der Waals surface area contributed by atoms with E-state index in [2.05, 4.69) is 4.98 Å². The molecule has 0 fully saturated rings. The van der Waals surface area contributed by atoms with Crippen LogP contribution in [-0.2, 0) is 6.42 Å². The van der Waals surface area contributed by atoms with Crippen molar-refractivity contribution in [2.75, 3.05) is 0 Å². The molecule has 122 valence electrons. The third-order valence-electron chi connectivity index (χ3n) is 3.81. The minimum atomic E-state index is -0.494. The van der Waals surface area contributed by atoms with Crippen LogP contribution in [-0.4, -0.2) is 4.98 Å². The van der Waals surface area contributed by atoms with Crippen LogP contribution in [0, 0.1) is 11.6 Å². The van der Waals surface area contributed by atoms with Gasteiger partial charge in [0.25, 0.3) is 0 Å². The van der Waals surface area contributed by atoms with Crippen LogP contribution in [0.3, 0.4) is 0 Å². The second kappa shape index (κ2) is 7.21. The minimum absolute atomic E-state index is 0.316. The zero-order valence-electron chi connectivity index (χ0n) is 13.2. The Labute approximate surface area is 139 Å². The van der Waals surface area contributed by atoms with Gasteiger partial charge in [-0.3, -0.25) is 0 Å². The first kappa shape index (κ1) is 16.1. The molecule has 0 aliphatic rings. The first-order chi connectivity index (χ1) is 11.7. The number of hydrogen-bond acceptors (Lipinski definition) is 2. The van der Waals surface area contributed by atoms with Crippen molar-refractivity contribution in [3.63, 3.8) is 0 Å². The van der Waals surface area contributed by atoms with Gasteiger partial charge in [-0.25, -0.2) is 13.8 Å². The molecule has 0 spiro atoms. The molecular weight excluding hydrogens is 308 g/mol. The van der Waals surface area contributed by atoms with Crippen LogP contribution in [0.5, 0.6) is 5.88 Å². The van der Waals surface area contributed by atoms with Crippen molar-refractivity contribution in [3.8, 4) is 5.88 Å². The van der Waals surface area contributed by atoms with E-state index in [-0.39, 0.29) is 11.6 Å². The zero-order valence-corrected chi connectivity index (χ0v) is 13.2. The molecule has 0 saturated carbocycles. The van der Waals surface area contributed by atoms with E-state index in [0.717, 1.165) is 23.1 Å². The fourth-order valence-electron chi connectivity index (χ4n) is 2.51. The van der Waals surface area contributed by atoms with Crippen LogP contribution in [0.15, 0.2) is 66.9 Å². The SMILES string of the molecule is CCc1cccnc1OC(c1ccc(F)cc1)c1ccc(F)cc1. The molecule has 0 bridgehead atoms. The van der Waals surface area contributed by atoms with E-state index < -0.39 is 6.10 Å². The average Bonchev–Trinajstić information content (AvgIpc) is 2.62. The number of aromatic nitrogens is 1. The number of benzene rings is 2. The summed E-state index contributed by atoms with van der Waals surface area (Å²) in [7, 11) is 0. The molecule has 3 rings (SSSR count). The predicted molar refractivity (Wildman–Crippen MR) is 88.9 cm³/mol. The maximum Gasteiger partial charge on any atom is 0.217 e. The van der Waals surface area contributed by atoms with Gasteiger partial charge in [0.1, 0.15) is 11.6 Å². The molecule has 0 saturated heterocycles. The molecule has 0 atom stereocenters. The van der Waals surface area contributed by atoms with E-state index in [1.54, 1.807) is 30.5 Å². The van der Waals surface area contributed by atoms with Crippen molar-refractivity contribution in [2.24, 2.45) is 0 Å². The molecular formula is C20H17F2NO. The van der Waals surface area contributed by atoms with Crippen LogP contribution in [0.4, 0.5) is 8.78 Å². The number of hydrogen-bond donors (Lipinski definition) is 0. The van der Waals surface area contributed by atoms with E-state index in [0.29, 0.717) is 5.88 Å². The Bertz CT molecular complexity index is 755. The summed E-state index contributed by atoms with van der Waals surface area (Å²) in [5.41, 5.74) is 2.53. The summed E-state index contributed by atoms with van der Waals surface area (Å²) < 4.78 is 32.6. The topological polar surface area (TPSA) is 22.1 Å². The molecule has 0 amide bonds. The average molecular weight is 325 g/mol. The van der Waals surface area contributed by atoms with Gasteiger partial charge in [-0.05, 0) is 47.9 Å². The molecule has 24 heavy (non-hydrogen) atoms. The zero-order chi connectivity index (χ0) is 16.9. The second-order valence-electron chi connectivity index (χ2n) is 5.42. The lowest BCUT2D eigenvalue weighted by molar-refractivity contribution is 0.234. The van der Waals surface area contributed by atoms with E-state index in [9.17, 15) is 8.78 Å². The number of halogens is 2. The number of ether oxygens (including phenoxy) is 1. The Kier molecular flexibility index (Phi) is 4.85. The highest BCUT2D eigenvalue weighted by Crippen LogP contribution is 2.29. The summed E-state index contributed by atoms with van der Waals surface area (Å²) in [5, 5.41) is 0. The fraction of sp³-hybridized carbons (Fsp3) is 0.150. The first-order valence-electron chi connectivity index (χ1n) is 7.79. The molecule has 0 N–H and O–H groups in total. The Balaban J connectivity index is 2.01. The van der Waals surface area contributed by atoms with Gasteiger partial charge in [0.15, 0.2) is 6.10 Å². The van der Waals surface area contributed by atoms with Gasteiger partial charge in [0, 0.05) is 11.8 Å². The lowest BCUT2D eigenvalue weighted by atomic mass is 10.0. The number of pyridine rings is 1. The number of aryl methyl sites for hydroxylation is 1. The summed E-state index contributed by atoms with van der Waals surface area (Å²) in [6.45, 7) is 2.02. The third kappa shape index (κ3) is 3.59. The third-order valence-corrected chi connectivity index (χ3v) is 3.81. The summed E-state index contributed by atoms with van der Waals surface area (Å²) in [4.78, 5) is 4.31. The van der Waals surface area contributed by atoms with Gasteiger partial charge < -0.3 is 4.74 Å². The van der Waals surface area contributed by atoms with E-state index in [1.807, 2.05) is 19.1 Å². The maximum absolute atomic E-state index is 13.2. The Morgan fingerprint density at radius 3 is 1.92 bits per heavy atom. The van der Waals surface area contributed by atoms with Gasteiger partial charge in [0.2, 0.25) is 5.88 Å². The highest BCUT2D eigenvalue weighted by molar-refractivity contribution is 5.34. The summed E-state index contributed by atoms with van der Waals surface area (Å²) in [5.74, 6) is -0.106. The van der Waals surface area contributed by atoms with Gasteiger partial charge >= 0.3 is 0 Å². The predicted octanol–water partition coefficient (Wildman–Crippen LogP) is 5.09. The maximum atomic E-state index is 13.2. The molecule has 2 nitrogen and oxygen atoms in total. The van der Waals surface area contributed by atoms with Crippen LogP contribution in [0.25, 0.3) is 0 Å². The summed E-state index contributed by atoms with van der Waals surface area (Å²) in [6, 6.07) is 16.0.